The SMILES string of the molecule is COc1ccc(CN(N)/C=C(\N)C(COCc2ccccc2)(OC(C)n2cc(C)c(=O)[nH]c2=O)[C@@H](O)OCc2ccccc2)c(OC)c1. The fourth-order valence-electron chi connectivity index (χ4n) is 4.97. The van der Waals surface area contributed by atoms with Gasteiger partial charge in [0.1, 0.15) is 17.7 Å². The Kier molecular flexibility index (Phi) is 12.5. The zero-order valence-electron chi connectivity index (χ0n) is 27.5. The maximum atomic E-state index is 12.9. The molecule has 0 saturated heterocycles. The molecule has 0 radical (unpaired) electrons. The molecular formula is C35H43N5O8. The molecular weight excluding hydrogens is 618 g/mol. The molecule has 0 saturated carbocycles. The maximum Gasteiger partial charge on any atom is 0.330 e. The number of rotatable bonds is 17. The molecule has 1 heterocycles. The first-order valence-corrected chi connectivity index (χ1v) is 15.2. The van der Waals surface area contributed by atoms with Crippen LogP contribution in [0, 0.1) is 6.92 Å². The summed E-state index contributed by atoms with van der Waals surface area (Å²) in [6.07, 6.45) is -0.0408. The maximum absolute atomic E-state index is 12.9. The van der Waals surface area contributed by atoms with E-state index in [2.05, 4.69) is 4.98 Å². The van der Waals surface area contributed by atoms with Crippen molar-refractivity contribution in [1.82, 2.24) is 14.6 Å². The second kappa shape index (κ2) is 16.8. The highest BCUT2D eigenvalue weighted by atomic mass is 16.7. The zero-order valence-corrected chi connectivity index (χ0v) is 27.5. The Labute approximate surface area is 278 Å². The van der Waals surface area contributed by atoms with E-state index in [0.717, 1.165) is 16.7 Å². The van der Waals surface area contributed by atoms with E-state index in [9.17, 15) is 14.7 Å². The summed E-state index contributed by atoms with van der Waals surface area (Å²) < 4.78 is 30.6. The van der Waals surface area contributed by atoms with Gasteiger partial charge in [-0.05, 0) is 37.1 Å². The first-order valence-electron chi connectivity index (χ1n) is 15.2. The molecule has 13 nitrogen and oxygen atoms in total. The van der Waals surface area contributed by atoms with Crippen molar-refractivity contribution in [3.05, 3.63) is 140 Å². The van der Waals surface area contributed by atoms with Gasteiger partial charge in [0.15, 0.2) is 11.9 Å². The Morgan fingerprint density at radius 3 is 2.27 bits per heavy atom. The van der Waals surface area contributed by atoms with Gasteiger partial charge in [0.2, 0.25) is 0 Å². The van der Waals surface area contributed by atoms with Crippen molar-refractivity contribution in [2.45, 2.75) is 51.7 Å². The average Bonchev–Trinajstić information content (AvgIpc) is 3.09. The van der Waals surface area contributed by atoms with Crippen molar-refractivity contribution in [2.75, 3.05) is 20.8 Å². The van der Waals surface area contributed by atoms with Gasteiger partial charge in [0.05, 0.1) is 46.3 Å². The second-order valence-electron chi connectivity index (χ2n) is 11.1. The number of nitrogens with one attached hydrogen (secondary N) is 1. The topological polar surface area (TPSA) is 177 Å². The number of aryl methyl sites for hydroxylation is 1. The lowest BCUT2D eigenvalue weighted by Gasteiger charge is -2.40. The number of aromatic nitrogens is 2. The van der Waals surface area contributed by atoms with Crippen LogP contribution in [0.3, 0.4) is 0 Å². The van der Waals surface area contributed by atoms with E-state index < -0.39 is 29.4 Å². The quantitative estimate of drug-likeness (QED) is 0.0743. The van der Waals surface area contributed by atoms with Crippen molar-refractivity contribution in [3.8, 4) is 11.5 Å². The van der Waals surface area contributed by atoms with E-state index in [0.29, 0.717) is 11.5 Å². The summed E-state index contributed by atoms with van der Waals surface area (Å²) in [5.74, 6) is 7.61. The Balaban J connectivity index is 1.75. The molecule has 256 valence electrons. The van der Waals surface area contributed by atoms with Crippen LogP contribution in [0.15, 0.2) is 107 Å². The molecule has 4 aromatic rings. The number of hydrogen-bond acceptors (Lipinski definition) is 11. The third kappa shape index (κ3) is 9.12. The van der Waals surface area contributed by atoms with Crippen molar-refractivity contribution < 1.29 is 28.8 Å². The number of aliphatic hydroxyl groups excluding tert-OH is 1. The largest absolute Gasteiger partial charge is 0.497 e. The van der Waals surface area contributed by atoms with Crippen molar-refractivity contribution in [1.29, 1.82) is 0 Å². The predicted octanol–water partition coefficient (Wildman–Crippen LogP) is 3.06. The minimum atomic E-state index is -1.92. The van der Waals surface area contributed by atoms with E-state index >= 15 is 0 Å². The number of hydrazine groups is 1. The smallest absolute Gasteiger partial charge is 0.330 e. The molecule has 1 aromatic heterocycles. The first-order chi connectivity index (χ1) is 23.1. The van der Waals surface area contributed by atoms with Gasteiger partial charge in [-0.2, -0.15) is 0 Å². The molecule has 13 heteroatoms. The van der Waals surface area contributed by atoms with E-state index in [-0.39, 0.29) is 37.6 Å². The number of benzene rings is 3. The number of H-pyrrole nitrogens is 1. The number of nitrogens with zero attached hydrogens (tertiary/aromatic N) is 2. The highest BCUT2D eigenvalue weighted by molar-refractivity contribution is 5.40. The fourth-order valence-corrected chi connectivity index (χ4v) is 4.97. The van der Waals surface area contributed by atoms with Gasteiger partial charge in [0.25, 0.3) is 5.56 Å². The molecule has 0 amide bonds. The van der Waals surface area contributed by atoms with Gasteiger partial charge < -0.3 is 39.5 Å². The lowest BCUT2D eigenvalue weighted by molar-refractivity contribution is -0.262. The van der Waals surface area contributed by atoms with Crippen molar-refractivity contribution >= 4 is 0 Å². The van der Waals surface area contributed by atoms with Gasteiger partial charge in [-0.25, -0.2) is 10.6 Å². The minimum Gasteiger partial charge on any atom is -0.497 e. The molecule has 6 N–H and O–H groups in total. The average molecular weight is 662 g/mol. The molecule has 0 aliphatic rings. The van der Waals surface area contributed by atoms with Crippen molar-refractivity contribution in [2.24, 2.45) is 11.6 Å². The number of aromatic amines is 1. The van der Waals surface area contributed by atoms with Gasteiger partial charge in [-0.3, -0.25) is 14.3 Å². The van der Waals surface area contributed by atoms with Crippen LogP contribution in [0.4, 0.5) is 0 Å². The lowest BCUT2D eigenvalue weighted by atomic mass is 9.99. The van der Waals surface area contributed by atoms with Gasteiger partial charge in [0, 0.05) is 29.6 Å². The molecule has 0 aliphatic carbocycles. The Morgan fingerprint density at radius 1 is 1.00 bits per heavy atom. The second-order valence-corrected chi connectivity index (χ2v) is 11.1. The summed E-state index contributed by atoms with van der Waals surface area (Å²) in [5, 5.41) is 13.1. The van der Waals surface area contributed by atoms with Crippen LogP contribution in [-0.4, -0.2) is 52.4 Å². The molecule has 0 spiro atoms. The summed E-state index contributed by atoms with van der Waals surface area (Å²) >= 11 is 0. The van der Waals surface area contributed by atoms with Crippen molar-refractivity contribution in [3.63, 3.8) is 0 Å². The number of aliphatic hydroxyl groups is 1. The first kappa shape index (κ1) is 35.9. The third-order valence-corrected chi connectivity index (χ3v) is 7.64. The molecule has 4 rings (SSSR count). The summed E-state index contributed by atoms with van der Waals surface area (Å²) in [6, 6.07) is 24.0. The lowest BCUT2D eigenvalue weighted by Crippen LogP contribution is -2.56. The van der Waals surface area contributed by atoms with Crippen LogP contribution in [0.2, 0.25) is 0 Å². The van der Waals surface area contributed by atoms with Crippen LogP contribution >= 0.6 is 0 Å². The number of hydrogen-bond donors (Lipinski definition) is 4. The van der Waals surface area contributed by atoms with E-state index in [4.69, 9.17) is 35.3 Å². The fraction of sp³-hybridized carbons (Fsp3) is 0.314. The standard InChI is InChI=1S/C35H43N5O8/c1-24-18-40(34(43)38-32(24)41)25(2)48-35(23-46-21-26-11-7-5-8-12-26,33(42)47-22-27-13-9-6-10-14-27)31(36)20-39(37)19-28-15-16-29(44-3)17-30(28)45-4/h5-18,20,25,33,42H,19,21-23,36-37H2,1-4H3,(H,38,41,43)/b31-20-/t25?,33-,35?/m0/s1. The van der Waals surface area contributed by atoms with Crippen LogP contribution in [0.5, 0.6) is 11.5 Å². The van der Waals surface area contributed by atoms with Crippen LogP contribution in [0.1, 0.15) is 35.4 Å². The van der Waals surface area contributed by atoms with Crippen LogP contribution < -0.4 is 32.3 Å². The molecule has 0 bridgehead atoms. The third-order valence-electron chi connectivity index (χ3n) is 7.64. The van der Waals surface area contributed by atoms with Crippen LogP contribution in [-0.2, 0) is 34.0 Å². The van der Waals surface area contributed by atoms with Gasteiger partial charge in [-0.1, -0.05) is 60.7 Å². The molecule has 0 aliphatic heterocycles. The predicted molar refractivity (Wildman–Crippen MR) is 179 cm³/mol. The summed E-state index contributed by atoms with van der Waals surface area (Å²) in [7, 11) is 3.09. The minimum absolute atomic E-state index is 0.000558. The highest BCUT2D eigenvalue weighted by Gasteiger charge is 2.46. The Hall–Kier alpha value is -4.92. The van der Waals surface area contributed by atoms with Crippen LogP contribution in [0.25, 0.3) is 0 Å². The molecule has 0 fully saturated rings. The zero-order chi connectivity index (χ0) is 34.7. The Morgan fingerprint density at radius 2 is 1.65 bits per heavy atom. The summed E-state index contributed by atoms with van der Waals surface area (Å²) in [5.41, 5.74) is 6.21. The van der Waals surface area contributed by atoms with E-state index in [1.54, 1.807) is 39.2 Å². The molecule has 48 heavy (non-hydrogen) atoms. The normalized spacial score (nSPS) is 14.2. The highest BCUT2D eigenvalue weighted by Crippen LogP contribution is 2.31. The molecule has 3 aromatic carbocycles. The summed E-state index contributed by atoms with van der Waals surface area (Å²) in [4.78, 5) is 27.2. The summed E-state index contributed by atoms with van der Waals surface area (Å²) in [6.45, 7) is 3.10. The van der Waals surface area contributed by atoms with E-state index in [1.165, 1.54) is 29.1 Å². The van der Waals surface area contributed by atoms with Gasteiger partial charge >= 0.3 is 5.69 Å². The van der Waals surface area contributed by atoms with Gasteiger partial charge in [-0.15, -0.1) is 0 Å². The monoisotopic (exact) mass is 661 g/mol. The number of ether oxygens (including phenoxy) is 5. The molecule has 3 atom stereocenters. The number of methoxy groups -OCH3 is 2. The Bertz CT molecular complexity index is 1760. The number of nitrogens with two attached hydrogens (primary N) is 2. The van der Waals surface area contributed by atoms with E-state index in [1.807, 2.05) is 60.7 Å². The molecule has 2 unspecified atom stereocenters.